The summed E-state index contributed by atoms with van der Waals surface area (Å²) in [5, 5.41) is 3.24. The Labute approximate surface area is 97.8 Å². The van der Waals surface area contributed by atoms with Crippen molar-refractivity contribution in [1.82, 2.24) is 9.97 Å². The Balaban J connectivity index is 1.98. The maximum Gasteiger partial charge on any atom is 0.225 e. The average molecular weight is 271 g/mol. The Kier molecular flexibility index (Phi) is 2.82. The summed E-state index contributed by atoms with van der Waals surface area (Å²) in [6.45, 7) is 3.20. The highest BCUT2D eigenvalue weighted by atomic mass is 79.9. The van der Waals surface area contributed by atoms with Gasteiger partial charge in [0.05, 0.1) is 0 Å². The first-order valence-corrected chi connectivity index (χ1v) is 5.91. The maximum atomic E-state index is 5.62. The summed E-state index contributed by atoms with van der Waals surface area (Å²) in [7, 11) is 0. The molecule has 1 saturated carbocycles. The first-order chi connectivity index (χ1) is 7.07. The zero-order valence-electron chi connectivity index (χ0n) is 8.76. The molecule has 4 nitrogen and oxygen atoms in total. The van der Waals surface area contributed by atoms with Gasteiger partial charge in [0, 0.05) is 12.6 Å². The molecule has 0 radical (unpaired) electrons. The van der Waals surface area contributed by atoms with Crippen molar-refractivity contribution >= 4 is 27.7 Å². The SMILES string of the molecule is CC1(CNc2nc(N)cc(Br)n2)CCC1. The molecule has 0 unspecified atom stereocenters. The molecule has 0 spiro atoms. The molecule has 15 heavy (non-hydrogen) atoms. The van der Waals surface area contributed by atoms with E-state index in [4.69, 9.17) is 5.73 Å². The van der Waals surface area contributed by atoms with E-state index in [1.54, 1.807) is 6.07 Å². The van der Waals surface area contributed by atoms with Gasteiger partial charge in [0.1, 0.15) is 10.4 Å². The normalized spacial score (nSPS) is 18.3. The lowest BCUT2D eigenvalue weighted by Crippen LogP contribution is -2.33. The Morgan fingerprint density at radius 1 is 1.53 bits per heavy atom. The summed E-state index contributed by atoms with van der Waals surface area (Å²) in [5.74, 6) is 1.09. The molecule has 0 amide bonds. The number of aromatic nitrogens is 2. The molecule has 0 aromatic carbocycles. The zero-order valence-corrected chi connectivity index (χ0v) is 10.3. The maximum absolute atomic E-state index is 5.62. The van der Waals surface area contributed by atoms with Gasteiger partial charge in [0.15, 0.2) is 0 Å². The average Bonchev–Trinajstić information content (AvgIpc) is 2.10. The number of nitrogens with zero attached hydrogens (tertiary/aromatic N) is 2. The molecule has 3 N–H and O–H groups in total. The molecule has 82 valence electrons. The molecular formula is C10H15BrN4. The third-order valence-electron chi connectivity index (χ3n) is 2.95. The van der Waals surface area contributed by atoms with Gasteiger partial charge >= 0.3 is 0 Å². The van der Waals surface area contributed by atoms with Crippen molar-refractivity contribution in [2.45, 2.75) is 26.2 Å². The Hall–Kier alpha value is -0.840. The predicted molar refractivity (Wildman–Crippen MR) is 64.6 cm³/mol. The smallest absolute Gasteiger partial charge is 0.225 e. The number of rotatable bonds is 3. The van der Waals surface area contributed by atoms with Crippen LogP contribution in [0.2, 0.25) is 0 Å². The number of anilines is 2. The van der Waals surface area contributed by atoms with Gasteiger partial charge in [-0.3, -0.25) is 0 Å². The molecule has 1 aliphatic rings. The highest BCUT2D eigenvalue weighted by Gasteiger charge is 2.31. The van der Waals surface area contributed by atoms with E-state index in [1.807, 2.05) is 0 Å². The molecule has 0 saturated heterocycles. The van der Waals surface area contributed by atoms with Gasteiger partial charge in [-0.15, -0.1) is 0 Å². The van der Waals surface area contributed by atoms with Crippen LogP contribution in [0.4, 0.5) is 11.8 Å². The molecule has 2 rings (SSSR count). The lowest BCUT2D eigenvalue weighted by molar-refractivity contribution is 0.179. The lowest BCUT2D eigenvalue weighted by atomic mass is 9.70. The van der Waals surface area contributed by atoms with Gasteiger partial charge in [-0.05, 0) is 34.2 Å². The number of nitrogens with two attached hydrogens (primary N) is 1. The molecule has 0 aliphatic heterocycles. The van der Waals surface area contributed by atoms with Crippen LogP contribution >= 0.6 is 15.9 Å². The van der Waals surface area contributed by atoms with Crippen LogP contribution in [-0.4, -0.2) is 16.5 Å². The number of nitrogens with one attached hydrogen (secondary N) is 1. The summed E-state index contributed by atoms with van der Waals surface area (Å²) >= 11 is 3.29. The number of hydrogen-bond acceptors (Lipinski definition) is 4. The summed E-state index contributed by atoms with van der Waals surface area (Å²) in [6, 6.07) is 1.69. The van der Waals surface area contributed by atoms with Crippen LogP contribution in [0.25, 0.3) is 0 Å². The van der Waals surface area contributed by atoms with E-state index in [0.717, 1.165) is 11.1 Å². The second kappa shape index (κ2) is 3.96. The highest BCUT2D eigenvalue weighted by Crippen LogP contribution is 2.40. The lowest BCUT2D eigenvalue weighted by Gasteiger charge is -2.38. The fourth-order valence-electron chi connectivity index (χ4n) is 1.76. The van der Waals surface area contributed by atoms with E-state index >= 15 is 0 Å². The fraction of sp³-hybridized carbons (Fsp3) is 0.600. The van der Waals surface area contributed by atoms with Crippen molar-refractivity contribution in [2.24, 2.45) is 5.41 Å². The first kappa shape index (κ1) is 10.7. The molecule has 0 bridgehead atoms. The van der Waals surface area contributed by atoms with Crippen molar-refractivity contribution < 1.29 is 0 Å². The molecule has 1 aliphatic carbocycles. The van der Waals surface area contributed by atoms with Gasteiger partial charge in [-0.25, -0.2) is 4.98 Å². The number of nitrogen functional groups attached to an aromatic ring is 1. The molecule has 1 heterocycles. The zero-order chi connectivity index (χ0) is 10.9. The van der Waals surface area contributed by atoms with E-state index < -0.39 is 0 Å². The van der Waals surface area contributed by atoms with E-state index in [9.17, 15) is 0 Å². The van der Waals surface area contributed by atoms with Crippen molar-refractivity contribution in [2.75, 3.05) is 17.6 Å². The second-order valence-electron chi connectivity index (χ2n) is 4.46. The number of halogens is 1. The molecule has 1 fully saturated rings. The summed E-state index contributed by atoms with van der Waals surface area (Å²) in [5.41, 5.74) is 6.04. The Bertz CT molecular complexity index is 342. The highest BCUT2D eigenvalue weighted by molar-refractivity contribution is 9.10. The van der Waals surface area contributed by atoms with E-state index in [1.165, 1.54) is 19.3 Å². The van der Waals surface area contributed by atoms with Crippen LogP contribution < -0.4 is 11.1 Å². The molecule has 1 aromatic heterocycles. The van der Waals surface area contributed by atoms with Gasteiger partial charge < -0.3 is 11.1 Å². The standard InChI is InChI=1S/C10H15BrN4/c1-10(3-2-4-10)6-13-9-14-7(11)5-8(12)15-9/h5H,2-4,6H2,1H3,(H3,12,13,14,15). The van der Waals surface area contributed by atoms with Crippen LogP contribution in [0.15, 0.2) is 10.7 Å². The monoisotopic (exact) mass is 270 g/mol. The van der Waals surface area contributed by atoms with Crippen molar-refractivity contribution in [3.05, 3.63) is 10.7 Å². The summed E-state index contributed by atoms with van der Waals surface area (Å²) in [4.78, 5) is 8.33. The number of hydrogen-bond donors (Lipinski definition) is 2. The van der Waals surface area contributed by atoms with Crippen LogP contribution in [0.3, 0.4) is 0 Å². The van der Waals surface area contributed by atoms with Crippen LogP contribution in [0.1, 0.15) is 26.2 Å². The topological polar surface area (TPSA) is 63.8 Å². The summed E-state index contributed by atoms with van der Waals surface area (Å²) in [6.07, 6.45) is 3.90. The van der Waals surface area contributed by atoms with Crippen molar-refractivity contribution in [1.29, 1.82) is 0 Å². The van der Waals surface area contributed by atoms with Gasteiger partial charge in [0.2, 0.25) is 5.95 Å². The largest absolute Gasteiger partial charge is 0.383 e. The van der Waals surface area contributed by atoms with Gasteiger partial charge in [0.25, 0.3) is 0 Å². The molecule has 5 heteroatoms. The summed E-state index contributed by atoms with van der Waals surface area (Å²) < 4.78 is 0.719. The second-order valence-corrected chi connectivity index (χ2v) is 5.27. The minimum Gasteiger partial charge on any atom is -0.383 e. The molecule has 0 atom stereocenters. The van der Waals surface area contributed by atoms with E-state index in [2.05, 4.69) is 38.1 Å². The van der Waals surface area contributed by atoms with Crippen molar-refractivity contribution in [3.63, 3.8) is 0 Å². The quantitative estimate of drug-likeness (QED) is 0.829. The Morgan fingerprint density at radius 3 is 2.80 bits per heavy atom. The van der Waals surface area contributed by atoms with E-state index in [-0.39, 0.29) is 0 Å². The fourth-order valence-corrected chi connectivity index (χ4v) is 2.17. The predicted octanol–water partition coefficient (Wildman–Crippen LogP) is 2.42. The molecular weight excluding hydrogens is 256 g/mol. The third-order valence-corrected chi connectivity index (χ3v) is 3.35. The van der Waals surface area contributed by atoms with Crippen molar-refractivity contribution in [3.8, 4) is 0 Å². The third kappa shape index (κ3) is 2.59. The van der Waals surface area contributed by atoms with Crippen LogP contribution in [0.5, 0.6) is 0 Å². The van der Waals surface area contributed by atoms with Gasteiger partial charge in [-0.1, -0.05) is 13.3 Å². The van der Waals surface area contributed by atoms with E-state index in [0.29, 0.717) is 17.2 Å². The van der Waals surface area contributed by atoms with Gasteiger partial charge in [-0.2, -0.15) is 4.98 Å². The van der Waals surface area contributed by atoms with Crippen LogP contribution in [0, 0.1) is 5.41 Å². The van der Waals surface area contributed by atoms with Crippen LogP contribution in [-0.2, 0) is 0 Å². The first-order valence-electron chi connectivity index (χ1n) is 5.11. The minimum absolute atomic E-state index is 0.417. The Morgan fingerprint density at radius 2 is 2.27 bits per heavy atom. The minimum atomic E-state index is 0.417. The molecule has 1 aromatic rings.